The van der Waals surface area contributed by atoms with Crippen molar-refractivity contribution in [2.75, 3.05) is 0 Å². The first-order chi connectivity index (χ1) is 11.1. The summed E-state index contributed by atoms with van der Waals surface area (Å²) in [6.45, 7) is 4.64. The summed E-state index contributed by atoms with van der Waals surface area (Å²) < 4.78 is 0. The standard InChI is InChI=1S/C13H13N.C8H9Cl/c14-10-11-6-8-13(9-7-11)12-4-2-1-3-5-12;1-6-3-4-7(2)8(9)5-6/h1-9H,10,14H2;3-5H,1-2H3. The van der Waals surface area contributed by atoms with E-state index in [0.717, 1.165) is 10.6 Å². The number of rotatable bonds is 2. The van der Waals surface area contributed by atoms with Crippen LogP contribution in [0.25, 0.3) is 11.1 Å². The second kappa shape index (κ2) is 8.52. The molecule has 2 N–H and O–H groups in total. The van der Waals surface area contributed by atoms with E-state index in [4.69, 9.17) is 17.3 Å². The second-order valence-corrected chi connectivity index (χ2v) is 5.93. The first kappa shape index (κ1) is 17.3. The van der Waals surface area contributed by atoms with Crippen LogP contribution in [0.1, 0.15) is 16.7 Å². The van der Waals surface area contributed by atoms with Crippen LogP contribution in [0.2, 0.25) is 5.02 Å². The van der Waals surface area contributed by atoms with Crippen molar-refractivity contribution in [1.82, 2.24) is 0 Å². The van der Waals surface area contributed by atoms with Crippen molar-refractivity contribution in [3.63, 3.8) is 0 Å². The summed E-state index contributed by atoms with van der Waals surface area (Å²) in [6, 6.07) is 24.8. The zero-order valence-corrected chi connectivity index (χ0v) is 14.3. The Kier molecular flexibility index (Phi) is 6.40. The van der Waals surface area contributed by atoms with Crippen molar-refractivity contribution in [2.45, 2.75) is 20.4 Å². The average Bonchev–Trinajstić information content (AvgIpc) is 2.60. The third-order valence-corrected chi connectivity index (χ3v) is 4.03. The molecule has 118 valence electrons. The summed E-state index contributed by atoms with van der Waals surface area (Å²) in [5.41, 5.74) is 11.5. The lowest BCUT2D eigenvalue weighted by molar-refractivity contribution is 1.07. The molecule has 3 aromatic carbocycles. The monoisotopic (exact) mass is 323 g/mol. The average molecular weight is 324 g/mol. The summed E-state index contributed by atoms with van der Waals surface area (Å²) >= 11 is 5.81. The van der Waals surface area contributed by atoms with Crippen molar-refractivity contribution in [1.29, 1.82) is 0 Å². The van der Waals surface area contributed by atoms with E-state index in [9.17, 15) is 0 Å². The molecule has 3 rings (SSSR count). The molecule has 0 unspecified atom stereocenters. The van der Waals surface area contributed by atoms with Crippen LogP contribution in [-0.4, -0.2) is 0 Å². The van der Waals surface area contributed by atoms with E-state index in [1.807, 2.05) is 44.2 Å². The Morgan fingerprint density at radius 1 is 0.783 bits per heavy atom. The zero-order chi connectivity index (χ0) is 16.7. The van der Waals surface area contributed by atoms with Gasteiger partial charge >= 0.3 is 0 Å². The number of benzene rings is 3. The van der Waals surface area contributed by atoms with Crippen molar-refractivity contribution >= 4 is 11.6 Å². The predicted octanol–water partition coefficient (Wildman–Crippen LogP) is 5.77. The Morgan fingerprint density at radius 2 is 1.39 bits per heavy atom. The molecule has 0 amide bonds. The van der Waals surface area contributed by atoms with E-state index in [2.05, 4.69) is 42.5 Å². The van der Waals surface area contributed by atoms with Crippen LogP contribution in [-0.2, 0) is 6.54 Å². The number of hydrogen-bond acceptors (Lipinski definition) is 1. The Balaban J connectivity index is 0.000000185. The molecule has 23 heavy (non-hydrogen) atoms. The van der Waals surface area contributed by atoms with Gasteiger partial charge in [0.25, 0.3) is 0 Å². The number of hydrogen-bond donors (Lipinski definition) is 1. The maximum atomic E-state index is 5.81. The van der Waals surface area contributed by atoms with Crippen LogP contribution in [0.3, 0.4) is 0 Å². The van der Waals surface area contributed by atoms with Crippen LogP contribution < -0.4 is 5.73 Å². The number of nitrogens with two attached hydrogens (primary N) is 1. The first-order valence-corrected chi connectivity index (χ1v) is 8.05. The molecule has 0 heterocycles. The highest BCUT2D eigenvalue weighted by Gasteiger charge is 1.95. The highest BCUT2D eigenvalue weighted by Crippen LogP contribution is 2.18. The number of halogens is 1. The van der Waals surface area contributed by atoms with E-state index >= 15 is 0 Å². The molecular weight excluding hydrogens is 302 g/mol. The van der Waals surface area contributed by atoms with Crippen LogP contribution in [0.15, 0.2) is 72.8 Å². The van der Waals surface area contributed by atoms with Gasteiger partial charge in [0, 0.05) is 11.6 Å². The van der Waals surface area contributed by atoms with Crippen molar-refractivity contribution < 1.29 is 0 Å². The topological polar surface area (TPSA) is 26.0 Å². The van der Waals surface area contributed by atoms with E-state index < -0.39 is 0 Å². The van der Waals surface area contributed by atoms with Crippen LogP contribution in [0.4, 0.5) is 0 Å². The van der Waals surface area contributed by atoms with E-state index in [0.29, 0.717) is 6.54 Å². The third kappa shape index (κ3) is 5.24. The molecule has 0 spiro atoms. The highest BCUT2D eigenvalue weighted by atomic mass is 35.5. The van der Waals surface area contributed by atoms with E-state index in [-0.39, 0.29) is 0 Å². The molecule has 0 aromatic heterocycles. The van der Waals surface area contributed by atoms with Gasteiger partial charge in [0.15, 0.2) is 0 Å². The van der Waals surface area contributed by atoms with Crippen LogP contribution in [0, 0.1) is 13.8 Å². The van der Waals surface area contributed by atoms with Gasteiger partial charge < -0.3 is 5.73 Å². The van der Waals surface area contributed by atoms with Gasteiger partial charge in [-0.3, -0.25) is 0 Å². The summed E-state index contributed by atoms with van der Waals surface area (Å²) in [4.78, 5) is 0. The minimum absolute atomic E-state index is 0.606. The molecule has 0 bridgehead atoms. The fraction of sp³-hybridized carbons (Fsp3) is 0.143. The minimum atomic E-state index is 0.606. The zero-order valence-electron chi connectivity index (χ0n) is 13.6. The molecule has 0 atom stereocenters. The van der Waals surface area contributed by atoms with Crippen molar-refractivity contribution in [3.05, 3.63) is 94.5 Å². The Labute approximate surface area is 143 Å². The number of aryl methyl sites for hydroxylation is 2. The fourth-order valence-electron chi connectivity index (χ4n) is 2.16. The van der Waals surface area contributed by atoms with E-state index in [1.54, 1.807) is 0 Å². The van der Waals surface area contributed by atoms with Gasteiger partial charge in [0.05, 0.1) is 0 Å². The highest BCUT2D eigenvalue weighted by molar-refractivity contribution is 6.31. The molecule has 3 aromatic rings. The largest absolute Gasteiger partial charge is 0.326 e. The first-order valence-electron chi connectivity index (χ1n) is 7.67. The molecule has 0 aliphatic heterocycles. The maximum Gasteiger partial charge on any atom is 0.0437 e. The molecule has 0 aliphatic rings. The second-order valence-electron chi connectivity index (χ2n) is 5.52. The summed E-state index contributed by atoms with van der Waals surface area (Å²) in [5, 5.41) is 0.856. The van der Waals surface area contributed by atoms with Crippen LogP contribution >= 0.6 is 11.6 Å². The molecule has 0 saturated carbocycles. The molecule has 0 aliphatic carbocycles. The minimum Gasteiger partial charge on any atom is -0.326 e. The molecular formula is C21H22ClN. The van der Waals surface area contributed by atoms with E-state index in [1.165, 1.54) is 22.3 Å². The molecule has 0 radical (unpaired) electrons. The van der Waals surface area contributed by atoms with Gasteiger partial charge in [0.1, 0.15) is 0 Å². The lowest BCUT2D eigenvalue weighted by Crippen LogP contribution is -1.95. The van der Waals surface area contributed by atoms with Gasteiger partial charge in [-0.05, 0) is 47.7 Å². The summed E-state index contributed by atoms with van der Waals surface area (Å²) in [7, 11) is 0. The van der Waals surface area contributed by atoms with Crippen LogP contribution in [0.5, 0.6) is 0 Å². The quantitative estimate of drug-likeness (QED) is 0.636. The lowest BCUT2D eigenvalue weighted by Gasteiger charge is -2.02. The third-order valence-electron chi connectivity index (χ3n) is 3.62. The Bertz CT molecular complexity index is 734. The lowest BCUT2D eigenvalue weighted by atomic mass is 10.0. The summed E-state index contributed by atoms with van der Waals surface area (Å²) in [5.74, 6) is 0. The van der Waals surface area contributed by atoms with Gasteiger partial charge in [-0.25, -0.2) is 0 Å². The Morgan fingerprint density at radius 3 is 1.91 bits per heavy atom. The van der Waals surface area contributed by atoms with Crippen molar-refractivity contribution in [3.8, 4) is 11.1 Å². The molecule has 0 saturated heterocycles. The smallest absolute Gasteiger partial charge is 0.0437 e. The predicted molar refractivity (Wildman–Crippen MR) is 101 cm³/mol. The maximum absolute atomic E-state index is 5.81. The fourth-order valence-corrected chi connectivity index (χ4v) is 2.40. The molecule has 0 fully saturated rings. The Hall–Kier alpha value is -2.09. The van der Waals surface area contributed by atoms with Gasteiger partial charge in [0.2, 0.25) is 0 Å². The normalized spacial score (nSPS) is 9.91. The summed E-state index contributed by atoms with van der Waals surface area (Å²) in [6.07, 6.45) is 0. The molecule has 2 heteroatoms. The molecule has 1 nitrogen and oxygen atoms in total. The van der Waals surface area contributed by atoms with Gasteiger partial charge in [-0.15, -0.1) is 0 Å². The van der Waals surface area contributed by atoms with Crippen molar-refractivity contribution in [2.24, 2.45) is 5.73 Å². The van der Waals surface area contributed by atoms with Gasteiger partial charge in [-0.1, -0.05) is 78.3 Å². The van der Waals surface area contributed by atoms with Gasteiger partial charge in [-0.2, -0.15) is 0 Å². The SMILES string of the molecule is Cc1ccc(C)c(Cl)c1.NCc1ccc(-c2ccccc2)cc1.